The van der Waals surface area contributed by atoms with Gasteiger partial charge in [-0.1, -0.05) is 43.0 Å². The van der Waals surface area contributed by atoms with E-state index >= 15 is 0 Å². The van der Waals surface area contributed by atoms with Gasteiger partial charge in [-0.3, -0.25) is 9.59 Å². The minimum atomic E-state index is -0.665. The van der Waals surface area contributed by atoms with Crippen LogP contribution in [0.1, 0.15) is 44.6 Å². The third kappa shape index (κ3) is 6.96. The monoisotopic (exact) mass is 446 g/mol. The zero-order chi connectivity index (χ0) is 22.2. The number of ether oxygens (including phenoxy) is 1. The first kappa shape index (κ1) is 23.1. The third-order valence-corrected chi connectivity index (χ3v) is 5.81. The second-order valence-electron chi connectivity index (χ2n) is 7.91. The van der Waals surface area contributed by atoms with Crippen molar-refractivity contribution in [3.63, 3.8) is 0 Å². The molecule has 0 aliphatic heterocycles. The summed E-state index contributed by atoms with van der Waals surface area (Å²) in [5.74, 6) is -0.488. The Morgan fingerprint density at radius 3 is 2.39 bits per heavy atom. The van der Waals surface area contributed by atoms with E-state index in [1.54, 1.807) is 19.1 Å². The quantitative estimate of drug-likeness (QED) is 0.638. The molecule has 2 aromatic rings. The van der Waals surface area contributed by atoms with Gasteiger partial charge < -0.3 is 15.0 Å². The zero-order valence-corrected chi connectivity index (χ0v) is 18.4. The average Bonchev–Trinajstić information content (AvgIpc) is 2.78. The van der Waals surface area contributed by atoms with Crippen LogP contribution in [0, 0.1) is 5.82 Å². The Hall–Kier alpha value is -2.60. The number of benzene rings is 2. The summed E-state index contributed by atoms with van der Waals surface area (Å²) in [6.07, 6.45) is 5.36. The molecule has 3 rings (SSSR count). The molecule has 0 unspecified atom stereocenters. The Balaban J connectivity index is 1.69. The molecule has 1 aliphatic carbocycles. The molecule has 0 saturated heterocycles. The Bertz CT molecular complexity index is 867. The highest BCUT2D eigenvalue weighted by atomic mass is 35.5. The summed E-state index contributed by atoms with van der Waals surface area (Å²) in [4.78, 5) is 27.4. The maximum absolute atomic E-state index is 13.1. The fourth-order valence-corrected chi connectivity index (χ4v) is 3.82. The molecule has 0 bridgehead atoms. The summed E-state index contributed by atoms with van der Waals surface area (Å²) in [7, 11) is 0. The minimum absolute atomic E-state index is 0.159. The van der Waals surface area contributed by atoms with E-state index in [0.717, 1.165) is 31.2 Å². The molecule has 1 fully saturated rings. The summed E-state index contributed by atoms with van der Waals surface area (Å²) >= 11 is 5.97. The van der Waals surface area contributed by atoms with Crippen molar-refractivity contribution in [3.8, 4) is 5.75 Å². The first-order valence-corrected chi connectivity index (χ1v) is 11.0. The highest BCUT2D eigenvalue weighted by Crippen LogP contribution is 2.19. The van der Waals surface area contributed by atoms with Crippen molar-refractivity contribution in [2.24, 2.45) is 0 Å². The van der Waals surface area contributed by atoms with Crippen molar-refractivity contribution in [1.82, 2.24) is 10.2 Å². The van der Waals surface area contributed by atoms with E-state index in [4.69, 9.17) is 16.3 Å². The summed E-state index contributed by atoms with van der Waals surface area (Å²) in [6.45, 7) is 1.73. The van der Waals surface area contributed by atoms with E-state index in [-0.39, 0.29) is 36.8 Å². The normalized spacial score (nSPS) is 15.2. The lowest BCUT2D eigenvalue weighted by atomic mass is 9.95. The van der Waals surface area contributed by atoms with E-state index in [0.29, 0.717) is 10.8 Å². The first-order valence-electron chi connectivity index (χ1n) is 10.6. The molecular weight excluding hydrogens is 419 g/mol. The minimum Gasteiger partial charge on any atom is -0.484 e. The van der Waals surface area contributed by atoms with Crippen LogP contribution in [0.25, 0.3) is 0 Å². The second kappa shape index (κ2) is 11.1. The molecule has 1 N–H and O–H groups in total. The van der Waals surface area contributed by atoms with Crippen LogP contribution in [0.2, 0.25) is 5.02 Å². The van der Waals surface area contributed by atoms with Gasteiger partial charge in [0.1, 0.15) is 17.6 Å². The van der Waals surface area contributed by atoms with Gasteiger partial charge in [0.05, 0.1) is 0 Å². The molecule has 1 saturated carbocycles. The number of rotatable bonds is 8. The molecule has 166 valence electrons. The number of hydrogen-bond donors (Lipinski definition) is 1. The van der Waals surface area contributed by atoms with Gasteiger partial charge in [-0.15, -0.1) is 0 Å². The number of amides is 2. The van der Waals surface area contributed by atoms with Crippen molar-refractivity contribution < 1.29 is 18.7 Å². The van der Waals surface area contributed by atoms with E-state index in [1.807, 2.05) is 12.1 Å². The number of hydrogen-bond acceptors (Lipinski definition) is 3. The standard InChI is InChI=1S/C24H28ClFN2O3/c1-17(24(30)27-21-5-3-2-4-6-21)28(15-18-7-9-19(25)10-8-18)23(29)16-31-22-13-11-20(26)12-14-22/h7-14,17,21H,2-6,15-16H2,1H3,(H,27,30)/t17-/m0/s1. The largest absolute Gasteiger partial charge is 0.484 e. The SMILES string of the molecule is C[C@@H](C(=O)NC1CCCCC1)N(Cc1ccc(Cl)cc1)C(=O)COc1ccc(F)cc1. The summed E-state index contributed by atoms with van der Waals surface area (Å²) in [5.41, 5.74) is 0.858. The Labute approximate surface area is 187 Å². The molecule has 1 aliphatic rings. The molecule has 0 aromatic heterocycles. The molecule has 0 spiro atoms. The Morgan fingerprint density at radius 2 is 1.74 bits per heavy atom. The molecule has 0 radical (unpaired) electrons. The van der Waals surface area contributed by atoms with Crippen molar-refractivity contribution in [2.75, 3.05) is 6.61 Å². The van der Waals surface area contributed by atoms with Crippen molar-refractivity contribution in [3.05, 3.63) is 64.9 Å². The van der Waals surface area contributed by atoms with Crippen LogP contribution in [0.5, 0.6) is 5.75 Å². The van der Waals surface area contributed by atoms with E-state index in [9.17, 15) is 14.0 Å². The lowest BCUT2D eigenvalue weighted by Gasteiger charge is -2.31. The fraction of sp³-hybridized carbons (Fsp3) is 0.417. The van der Waals surface area contributed by atoms with Crippen LogP contribution in [-0.2, 0) is 16.1 Å². The molecular formula is C24H28ClFN2O3. The zero-order valence-electron chi connectivity index (χ0n) is 17.7. The summed E-state index contributed by atoms with van der Waals surface area (Å²) < 4.78 is 18.6. The smallest absolute Gasteiger partial charge is 0.261 e. The van der Waals surface area contributed by atoms with E-state index in [1.165, 1.54) is 35.6 Å². The van der Waals surface area contributed by atoms with Crippen molar-refractivity contribution in [1.29, 1.82) is 0 Å². The second-order valence-corrected chi connectivity index (χ2v) is 8.35. The van der Waals surface area contributed by atoms with Crippen LogP contribution in [-0.4, -0.2) is 35.4 Å². The van der Waals surface area contributed by atoms with Gasteiger partial charge in [0.25, 0.3) is 5.91 Å². The molecule has 0 heterocycles. The predicted molar refractivity (Wildman–Crippen MR) is 118 cm³/mol. The average molecular weight is 447 g/mol. The lowest BCUT2D eigenvalue weighted by Crippen LogP contribution is -2.51. The number of halogens is 2. The van der Waals surface area contributed by atoms with Gasteiger partial charge in [-0.2, -0.15) is 0 Å². The topological polar surface area (TPSA) is 58.6 Å². The lowest BCUT2D eigenvalue weighted by molar-refractivity contribution is -0.142. The van der Waals surface area contributed by atoms with Crippen LogP contribution >= 0.6 is 11.6 Å². The molecule has 7 heteroatoms. The molecule has 31 heavy (non-hydrogen) atoms. The van der Waals surface area contributed by atoms with Crippen LogP contribution < -0.4 is 10.1 Å². The summed E-state index contributed by atoms with van der Waals surface area (Å²) in [5, 5.41) is 3.69. The number of nitrogens with zero attached hydrogens (tertiary/aromatic N) is 1. The third-order valence-electron chi connectivity index (χ3n) is 5.56. The van der Waals surface area contributed by atoms with Crippen molar-refractivity contribution in [2.45, 2.75) is 57.7 Å². The van der Waals surface area contributed by atoms with Gasteiger partial charge >= 0.3 is 0 Å². The molecule has 2 amide bonds. The highest BCUT2D eigenvalue weighted by Gasteiger charge is 2.28. The maximum Gasteiger partial charge on any atom is 0.261 e. The van der Waals surface area contributed by atoms with Gasteiger partial charge in [0, 0.05) is 17.6 Å². The van der Waals surface area contributed by atoms with Crippen molar-refractivity contribution >= 4 is 23.4 Å². The fourth-order valence-electron chi connectivity index (χ4n) is 3.70. The number of nitrogens with one attached hydrogen (secondary N) is 1. The Kier molecular flexibility index (Phi) is 8.29. The van der Waals surface area contributed by atoms with Crippen LogP contribution in [0.3, 0.4) is 0 Å². The predicted octanol–water partition coefficient (Wildman–Crippen LogP) is 4.72. The molecule has 2 aromatic carbocycles. The highest BCUT2D eigenvalue weighted by molar-refractivity contribution is 6.30. The maximum atomic E-state index is 13.1. The molecule has 1 atom stereocenters. The van der Waals surface area contributed by atoms with Crippen LogP contribution in [0.4, 0.5) is 4.39 Å². The van der Waals surface area contributed by atoms with Gasteiger partial charge in [-0.05, 0) is 61.7 Å². The van der Waals surface area contributed by atoms with Gasteiger partial charge in [0.15, 0.2) is 6.61 Å². The van der Waals surface area contributed by atoms with E-state index in [2.05, 4.69) is 5.32 Å². The molecule has 5 nitrogen and oxygen atoms in total. The number of carbonyl (C=O) groups is 2. The number of carbonyl (C=O) groups excluding carboxylic acids is 2. The van der Waals surface area contributed by atoms with Gasteiger partial charge in [-0.25, -0.2) is 4.39 Å². The summed E-state index contributed by atoms with van der Waals surface area (Å²) in [6, 6.07) is 12.1. The first-order chi connectivity index (χ1) is 14.9. The van der Waals surface area contributed by atoms with Crippen LogP contribution in [0.15, 0.2) is 48.5 Å². The Morgan fingerprint density at radius 1 is 1.10 bits per heavy atom. The van der Waals surface area contributed by atoms with E-state index < -0.39 is 6.04 Å². The van der Waals surface area contributed by atoms with Gasteiger partial charge in [0.2, 0.25) is 5.91 Å².